The van der Waals surface area contributed by atoms with Crippen LogP contribution in [-0.2, 0) is 5.60 Å². The van der Waals surface area contributed by atoms with Gasteiger partial charge in [-0.1, -0.05) is 18.1 Å². The first-order valence-corrected chi connectivity index (χ1v) is 5.86. The molecular formula is C16H12F2O2. The summed E-state index contributed by atoms with van der Waals surface area (Å²) in [5.41, 5.74) is -0.880. The van der Waals surface area contributed by atoms with Gasteiger partial charge in [-0.2, -0.15) is 0 Å². The Morgan fingerprint density at radius 1 is 1.15 bits per heavy atom. The number of halogens is 2. The van der Waals surface area contributed by atoms with E-state index >= 15 is 0 Å². The van der Waals surface area contributed by atoms with E-state index in [1.807, 2.05) is 0 Å². The van der Waals surface area contributed by atoms with Gasteiger partial charge in [0, 0.05) is 6.07 Å². The number of hydrogen-bond donors (Lipinski definition) is 1. The third kappa shape index (κ3) is 2.95. The number of aliphatic hydroxyl groups is 1. The van der Waals surface area contributed by atoms with Crippen LogP contribution in [0.25, 0.3) is 0 Å². The van der Waals surface area contributed by atoms with Crippen LogP contribution in [0.15, 0.2) is 42.5 Å². The first-order chi connectivity index (χ1) is 9.42. The lowest BCUT2D eigenvalue weighted by atomic mass is 9.97. The maximum Gasteiger partial charge on any atom is 0.165 e. The predicted molar refractivity (Wildman–Crippen MR) is 71.3 cm³/mol. The summed E-state index contributed by atoms with van der Waals surface area (Å²) in [6, 6.07) is 9.12. The average Bonchev–Trinajstić information content (AvgIpc) is 2.43. The fourth-order valence-corrected chi connectivity index (χ4v) is 1.61. The summed E-state index contributed by atoms with van der Waals surface area (Å²) in [6.07, 6.45) is 5.21. The zero-order valence-electron chi connectivity index (χ0n) is 10.7. The lowest BCUT2D eigenvalue weighted by molar-refractivity contribution is 0.122. The quantitative estimate of drug-likeness (QED) is 0.867. The van der Waals surface area contributed by atoms with Crippen LogP contribution in [0, 0.1) is 24.0 Å². The molecule has 0 saturated heterocycles. The highest BCUT2D eigenvalue weighted by atomic mass is 19.1. The minimum absolute atomic E-state index is 0.207. The normalized spacial score (nSPS) is 13.3. The highest BCUT2D eigenvalue weighted by molar-refractivity contribution is 5.37. The molecule has 1 atom stereocenters. The van der Waals surface area contributed by atoms with Gasteiger partial charge >= 0.3 is 0 Å². The van der Waals surface area contributed by atoms with E-state index in [2.05, 4.69) is 5.92 Å². The first-order valence-electron chi connectivity index (χ1n) is 5.86. The molecule has 0 amide bonds. The van der Waals surface area contributed by atoms with E-state index in [9.17, 15) is 13.9 Å². The summed E-state index contributed by atoms with van der Waals surface area (Å²) in [5, 5.41) is 9.87. The molecule has 0 radical (unpaired) electrons. The molecule has 2 rings (SSSR count). The lowest BCUT2D eigenvalue weighted by Crippen LogP contribution is -2.17. The second-order valence-electron chi connectivity index (χ2n) is 4.42. The Hall–Kier alpha value is -2.38. The van der Waals surface area contributed by atoms with Crippen LogP contribution in [0.4, 0.5) is 8.78 Å². The molecule has 0 aliphatic heterocycles. The Balaban J connectivity index is 2.24. The fraction of sp³-hybridized carbons (Fsp3) is 0.125. The minimum Gasteiger partial charge on any atom is -0.454 e. The van der Waals surface area contributed by atoms with Gasteiger partial charge in [-0.3, -0.25) is 0 Å². The Morgan fingerprint density at radius 3 is 2.40 bits per heavy atom. The van der Waals surface area contributed by atoms with Crippen LogP contribution in [-0.4, -0.2) is 5.11 Å². The Labute approximate surface area is 115 Å². The van der Waals surface area contributed by atoms with Crippen molar-refractivity contribution in [1.82, 2.24) is 0 Å². The molecule has 2 aromatic rings. The van der Waals surface area contributed by atoms with E-state index in [4.69, 9.17) is 11.2 Å². The van der Waals surface area contributed by atoms with E-state index in [0.717, 1.165) is 18.2 Å². The number of hydrogen-bond acceptors (Lipinski definition) is 2. The van der Waals surface area contributed by atoms with Crippen LogP contribution in [0.1, 0.15) is 12.5 Å². The van der Waals surface area contributed by atoms with Gasteiger partial charge < -0.3 is 9.84 Å². The molecule has 2 aromatic carbocycles. The second-order valence-corrected chi connectivity index (χ2v) is 4.42. The molecule has 0 heterocycles. The van der Waals surface area contributed by atoms with Gasteiger partial charge in [-0.25, -0.2) is 8.78 Å². The molecule has 1 N–H and O–H groups in total. The van der Waals surface area contributed by atoms with Gasteiger partial charge in [0.1, 0.15) is 17.2 Å². The zero-order valence-corrected chi connectivity index (χ0v) is 10.7. The van der Waals surface area contributed by atoms with Gasteiger partial charge in [0.05, 0.1) is 0 Å². The maximum absolute atomic E-state index is 13.4. The highest BCUT2D eigenvalue weighted by Gasteiger charge is 2.19. The van der Waals surface area contributed by atoms with Crippen molar-refractivity contribution >= 4 is 0 Å². The van der Waals surface area contributed by atoms with E-state index in [1.54, 1.807) is 12.1 Å². The second kappa shape index (κ2) is 5.32. The molecule has 4 heteroatoms. The Bertz CT molecular complexity index is 655. The fourth-order valence-electron chi connectivity index (χ4n) is 1.61. The summed E-state index contributed by atoms with van der Waals surface area (Å²) in [6.45, 7) is 1.48. The molecule has 1 unspecified atom stereocenters. The first kappa shape index (κ1) is 14.0. The molecule has 0 spiro atoms. The van der Waals surface area contributed by atoms with Gasteiger partial charge in [0.15, 0.2) is 11.6 Å². The number of benzene rings is 2. The minimum atomic E-state index is -1.39. The molecule has 0 aromatic heterocycles. The van der Waals surface area contributed by atoms with Crippen LogP contribution in [0.2, 0.25) is 0 Å². The van der Waals surface area contributed by atoms with E-state index in [0.29, 0.717) is 11.3 Å². The molecule has 0 aliphatic rings. The summed E-state index contributed by atoms with van der Waals surface area (Å²) < 4.78 is 31.7. The molecule has 0 bridgehead atoms. The molecule has 0 fully saturated rings. The van der Waals surface area contributed by atoms with Crippen LogP contribution < -0.4 is 4.74 Å². The van der Waals surface area contributed by atoms with Gasteiger partial charge in [-0.15, -0.1) is 6.42 Å². The summed E-state index contributed by atoms with van der Waals surface area (Å²) in [5.74, 6) is 1.10. The monoisotopic (exact) mass is 274 g/mol. The van der Waals surface area contributed by atoms with Crippen LogP contribution >= 0.6 is 0 Å². The van der Waals surface area contributed by atoms with Gasteiger partial charge in [0.25, 0.3) is 0 Å². The van der Waals surface area contributed by atoms with Crippen molar-refractivity contribution in [2.45, 2.75) is 12.5 Å². The van der Waals surface area contributed by atoms with Gasteiger partial charge in [0.2, 0.25) is 0 Å². The van der Waals surface area contributed by atoms with Crippen molar-refractivity contribution < 1.29 is 18.6 Å². The van der Waals surface area contributed by atoms with Crippen molar-refractivity contribution in [1.29, 1.82) is 0 Å². The maximum atomic E-state index is 13.4. The van der Waals surface area contributed by atoms with E-state index in [-0.39, 0.29) is 5.75 Å². The third-order valence-electron chi connectivity index (χ3n) is 2.82. The van der Waals surface area contributed by atoms with Crippen molar-refractivity contribution in [3.8, 4) is 23.8 Å². The van der Waals surface area contributed by atoms with Crippen LogP contribution in [0.3, 0.4) is 0 Å². The zero-order chi connectivity index (χ0) is 14.8. The van der Waals surface area contributed by atoms with Crippen molar-refractivity contribution in [3.05, 3.63) is 59.7 Å². The molecule has 0 saturated carbocycles. The van der Waals surface area contributed by atoms with E-state index in [1.165, 1.54) is 19.1 Å². The lowest BCUT2D eigenvalue weighted by Gasteiger charge is -2.17. The standard InChI is InChI=1S/C16H12F2O2/c1-3-16(2,19)11-4-7-13(8-5-11)20-15-10-12(17)6-9-14(15)18/h1,4-10,19H,2H3. The van der Waals surface area contributed by atoms with E-state index < -0.39 is 17.2 Å². The Morgan fingerprint density at radius 2 is 1.80 bits per heavy atom. The number of terminal acetylenes is 1. The molecule has 102 valence electrons. The molecular weight excluding hydrogens is 262 g/mol. The highest BCUT2D eigenvalue weighted by Crippen LogP contribution is 2.27. The number of rotatable bonds is 3. The smallest absolute Gasteiger partial charge is 0.165 e. The van der Waals surface area contributed by atoms with Crippen LogP contribution in [0.5, 0.6) is 11.5 Å². The predicted octanol–water partition coefficient (Wildman–Crippen LogP) is 3.60. The topological polar surface area (TPSA) is 29.5 Å². The molecule has 20 heavy (non-hydrogen) atoms. The summed E-state index contributed by atoms with van der Waals surface area (Å²) in [7, 11) is 0. The van der Waals surface area contributed by atoms with Gasteiger partial charge in [-0.05, 0) is 36.8 Å². The van der Waals surface area contributed by atoms with Crippen molar-refractivity contribution in [2.75, 3.05) is 0 Å². The van der Waals surface area contributed by atoms with Crippen molar-refractivity contribution in [3.63, 3.8) is 0 Å². The summed E-state index contributed by atoms with van der Waals surface area (Å²) >= 11 is 0. The SMILES string of the molecule is C#CC(C)(O)c1ccc(Oc2cc(F)ccc2F)cc1. The third-order valence-corrected chi connectivity index (χ3v) is 2.82. The molecule has 0 aliphatic carbocycles. The summed E-state index contributed by atoms with van der Waals surface area (Å²) in [4.78, 5) is 0. The Kier molecular flexibility index (Phi) is 3.73. The average molecular weight is 274 g/mol. The molecule has 2 nitrogen and oxygen atoms in total. The number of ether oxygens (including phenoxy) is 1. The largest absolute Gasteiger partial charge is 0.454 e. The van der Waals surface area contributed by atoms with Crippen molar-refractivity contribution in [2.24, 2.45) is 0 Å².